The van der Waals surface area contributed by atoms with Gasteiger partial charge >= 0.3 is 6.18 Å². The first kappa shape index (κ1) is 36.6. The largest absolute Gasteiger partial charge is 0.497 e. The Labute approximate surface area is 298 Å². The number of nitrogen functional groups attached to an aromatic ring is 1. The van der Waals surface area contributed by atoms with Crippen molar-refractivity contribution in [1.29, 1.82) is 10.8 Å². The Balaban J connectivity index is 1.39. The number of anilines is 4. The summed E-state index contributed by atoms with van der Waals surface area (Å²) in [6.07, 6.45) is 0.0674. The van der Waals surface area contributed by atoms with Crippen molar-refractivity contribution < 1.29 is 22.7 Å². The van der Waals surface area contributed by atoms with Crippen molar-refractivity contribution in [2.24, 2.45) is 0 Å². The molecule has 1 amide bonds. The normalized spacial score (nSPS) is 13.7. The summed E-state index contributed by atoms with van der Waals surface area (Å²) in [5, 5.41) is 22.7. The van der Waals surface area contributed by atoms with Gasteiger partial charge in [0, 0.05) is 89.3 Å². The minimum Gasteiger partial charge on any atom is -0.497 e. The van der Waals surface area contributed by atoms with Crippen molar-refractivity contribution in [2.75, 3.05) is 61.1 Å². The number of piperazine rings is 1. The Morgan fingerprint density at radius 2 is 1.82 bits per heavy atom. The zero-order chi connectivity index (χ0) is 36.7. The number of carbonyl (C=O) groups excluding carboxylic acids is 1. The highest BCUT2D eigenvalue weighted by atomic mass is 35.5. The molecule has 0 spiro atoms. The van der Waals surface area contributed by atoms with Crippen LogP contribution in [0.1, 0.15) is 18.4 Å². The molecule has 0 atom stereocenters. The molecule has 0 radical (unpaired) electrons. The first-order valence-electron chi connectivity index (χ1n) is 16.0. The van der Waals surface area contributed by atoms with Gasteiger partial charge in [0.05, 0.1) is 12.6 Å². The number of alkyl halides is 3. The van der Waals surface area contributed by atoms with Crippen molar-refractivity contribution in [3.05, 3.63) is 89.4 Å². The lowest BCUT2D eigenvalue weighted by Crippen LogP contribution is -2.48. The predicted molar refractivity (Wildman–Crippen MR) is 197 cm³/mol. The van der Waals surface area contributed by atoms with Crippen LogP contribution in [0.15, 0.2) is 78.8 Å². The quantitative estimate of drug-likeness (QED) is 0.0423. The summed E-state index contributed by atoms with van der Waals surface area (Å²) in [5.74, 6) is 1.05. The lowest BCUT2D eigenvalue weighted by atomic mass is 9.95. The predicted octanol–water partition coefficient (Wildman–Crippen LogP) is 7.14. The molecule has 2 heterocycles. The number of methoxy groups -OCH3 is 1. The second-order valence-electron chi connectivity index (χ2n) is 11.6. The molecular weight excluding hydrogens is 683 g/mol. The minimum atomic E-state index is -4.72. The molecule has 1 fully saturated rings. The fourth-order valence-electron chi connectivity index (χ4n) is 5.93. The maximum absolute atomic E-state index is 14.1. The van der Waals surface area contributed by atoms with Gasteiger partial charge in [-0.1, -0.05) is 18.2 Å². The van der Waals surface area contributed by atoms with Gasteiger partial charge in [0.1, 0.15) is 23.6 Å². The number of carbonyl (C=O) groups is 1. The van der Waals surface area contributed by atoms with E-state index in [1.54, 1.807) is 41.3 Å². The van der Waals surface area contributed by atoms with E-state index in [0.717, 1.165) is 6.21 Å². The van der Waals surface area contributed by atoms with Gasteiger partial charge in [-0.25, -0.2) is 9.97 Å². The van der Waals surface area contributed by atoms with Gasteiger partial charge in [0.15, 0.2) is 0 Å². The summed E-state index contributed by atoms with van der Waals surface area (Å²) in [4.78, 5) is 24.9. The fourth-order valence-corrected chi connectivity index (χ4v) is 6.18. The van der Waals surface area contributed by atoms with E-state index < -0.39 is 11.9 Å². The number of ether oxygens (including phenoxy) is 1. The standard InChI is InChI=1S/C36H37ClF3N9O2/c1-3-32(50)48-13-15-49(16-14-48)35-26-17-28(37)25(18-31(26)45-21-46-35)33-27(20-42)29(43)10-11-30(33)44-12-4-5-22(19-41)34(36(38,39)40)47-23-6-8-24(51-2)9-7-23/h3,6-11,17-21,41-42,44,47H,1,4-5,12-16,43H2,2H3/b34-22-,41-19?,42-20?. The summed E-state index contributed by atoms with van der Waals surface area (Å²) in [5.41, 5.74) is 8.26. The van der Waals surface area contributed by atoms with Crippen LogP contribution in [0.4, 0.5) is 36.1 Å². The average Bonchev–Trinajstić information content (AvgIpc) is 3.13. The van der Waals surface area contributed by atoms with Crippen LogP contribution in [-0.4, -0.2) is 79.2 Å². The van der Waals surface area contributed by atoms with E-state index in [-0.39, 0.29) is 36.6 Å². The maximum Gasteiger partial charge on any atom is 0.431 e. The highest BCUT2D eigenvalue weighted by Crippen LogP contribution is 2.41. The van der Waals surface area contributed by atoms with Crippen molar-refractivity contribution >= 4 is 63.7 Å². The van der Waals surface area contributed by atoms with Crippen LogP contribution in [0.2, 0.25) is 5.02 Å². The number of rotatable bonds is 13. The van der Waals surface area contributed by atoms with E-state index in [1.807, 2.05) is 0 Å². The fraction of sp³-hybridized carbons (Fsp3) is 0.250. The molecule has 1 saturated heterocycles. The molecular formula is C36H37ClF3N9O2. The lowest BCUT2D eigenvalue weighted by molar-refractivity contribution is -0.126. The molecule has 5 rings (SSSR count). The van der Waals surface area contributed by atoms with E-state index >= 15 is 0 Å². The van der Waals surface area contributed by atoms with Crippen LogP contribution in [-0.2, 0) is 4.79 Å². The zero-order valence-electron chi connectivity index (χ0n) is 27.8. The van der Waals surface area contributed by atoms with Crippen molar-refractivity contribution in [3.8, 4) is 16.9 Å². The van der Waals surface area contributed by atoms with E-state index in [4.69, 9.17) is 32.9 Å². The average molecular weight is 720 g/mol. The highest BCUT2D eigenvalue weighted by molar-refractivity contribution is 6.35. The second-order valence-corrected chi connectivity index (χ2v) is 12.0. The van der Waals surface area contributed by atoms with E-state index in [1.165, 1.54) is 31.6 Å². The number of hydrogen-bond acceptors (Lipinski definition) is 10. The van der Waals surface area contributed by atoms with Crippen LogP contribution in [0.3, 0.4) is 0 Å². The third kappa shape index (κ3) is 8.23. The summed E-state index contributed by atoms with van der Waals surface area (Å²) in [6, 6.07) is 13.0. The van der Waals surface area contributed by atoms with Gasteiger partial charge in [-0.2, -0.15) is 13.2 Å². The van der Waals surface area contributed by atoms with Crippen LogP contribution in [0, 0.1) is 10.8 Å². The minimum absolute atomic E-state index is 0.0529. The number of halogens is 4. The van der Waals surface area contributed by atoms with Crippen LogP contribution >= 0.6 is 11.6 Å². The molecule has 0 aliphatic carbocycles. The molecule has 1 aliphatic heterocycles. The number of nitrogens with two attached hydrogens (primary N) is 1. The first-order chi connectivity index (χ1) is 24.5. The third-order valence-electron chi connectivity index (χ3n) is 8.54. The monoisotopic (exact) mass is 719 g/mol. The maximum atomic E-state index is 14.1. The Bertz CT molecular complexity index is 1980. The number of amides is 1. The van der Waals surface area contributed by atoms with E-state index in [2.05, 4.69) is 32.1 Å². The molecule has 11 nitrogen and oxygen atoms in total. The Morgan fingerprint density at radius 3 is 2.45 bits per heavy atom. The third-order valence-corrected chi connectivity index (χ3v) is 8.85. The van der Waals surface area contributed by atoms with Gasteiger partial charge in [0.25, 0.3) is 0 Å². The Morgan fingerprint density at radius 1 is 1.10 bits per heavy atom. The Hall–Kier alpha value is -5.63. The molecule has 51 heavy (non-hydrogen) atoms. The molecule has 1 aromatic heterocycles. The summed E-state index contributed by atoms with van der Waals surface area (Å²) < 4.78 is 47.5. The van der Waals surface area contributed by atoms with Gasteiger partial charge in [-0.15, -0.1) is 0 Å². The van der Waals surface area contributed by atoms with Crippen LogP contribution in [0.5, 0.6) is 5.75 Å². The van der Waals surface area contributed by atoms with Crippen LogP contribution < -0.4 is 26.0 Å². The number of nitrogens with zero attached hydrogens (tertiary/aromatic N) is 4. The summed E-state index contributed by atoms with van der Waals surface area (Å²) >= 11 is 6.93. The molecule has 6 N–H and O–H groups in total. The summed E-state index contributed by atoms with van der Waals surface area (Å²) in [7, 11) is 1.46. The molecule has 266 valence electrons. The number of hydrogen-bond donors (Lipinski definition) is 5. The SMILES string of the molecule is C=CC(=O)N1CCN(c2ncnc3cc(-c4c(NCCC/C(C=N)=C(/Nc5ccc(OC)cc5)C(F)(F)F)ccc(N)c4C=N)c(Cl)cc23)CC1. The number of fused-ring (bicyclic) bond motifs is 1. The first-order valence-corrected chi connectivity index (χ1v) is 16.4. The Kier molecular flexibility index (Phi) is 11.4. The number of allylic oxidation sites excluding steroid dienone is 2. The van der Waals surface area contributed by atoms with Crippen molar-refractivity contribution in [3.63, 3.8) is 0 Å². The molecule has 4 aromatic rings. The van der Waals surface area contributed by atoms with Gasteiger partial charge < -0.3 is 41.7 Å². The van der Waals surface area contributed by atoms with Gasteiger partial charge in [-0.05, 0) is 73.0 Å². The number of benzene rings is 3. The van der Waals surface area contributed by atoms with Gasteiger partial charge in [0.2, 0.25) is 5.91 Å². The molecule has 0 unspecified atom stereocenters. The molecule has 0 bridgehead atoms. The molecule has 1 aliphatic rings. The molecule has 15 heteroatoms. The highest BCUT2D eigenvalue weighted by Gasteiger charge is 2.36. The summed E-state index contributed by atoms with van der Waals surface area (Å²) in [6.45, 7) is 5.94. The molecule has 3 aromatic carbocycles. The van der Waals surface area contributed by atoms with Crippen molar-refractivity contribution in [2.45, 2.75) is 19.0 Å². The molecule has 0 saturated carbocycles. The van der Waals surface area contributed by atoms with Gasteiger partial charge in [-0.3, -0.25) is 4.79 Å². The second kappa shape index (κ2) is 15.9. The van der Waals surface area contributed by atoms with Crippen LogP contribution in [0.25, 0.3) is 22.0 Å². The lowest BCUT2D eigenvalue weighted by Gasteiger charge is -2.35. The number of nitrogens with one attached hydrogen (secondary N) is 4. The smallest absolute Gasteiger partial charge is 0.431 e. The van der Waals surface area contributed by atoms with E-state index in [9.17, 15) is 18.0 Å². The topological polar surface area (TPSA) is 156 Å². The zero-order valence-corrected chi connectivity index (χ0v) is 28.5. The number of aromatic nitrogens is 2. The van der Waals surface area contributed by atoms with E-state index in [0.29, 0.717) is 88.0 Å². The van der Waals surface area contributed by atoms with Crippen molar-refractivity contribution in [1.82, 2.24) is 14.9 Å².